The zero-order valence-electron chi connectivity index (χ0n) is 14.4. The summed E-state index contributed by atoms with van der Waals surface area (Å²) in [7, 11) is 1.71. The molecule has 0 fully saturated rings. The van der Waals surface area contributed by atoms with Gasteiger partial charge >= 0.3 is 0 Å². The highest BCUT2D eigenvalue weighted by Crippen LogP contribution is 2.26. The van der Waals surface area contributed by atoms with Crippen molar-refractivity contribution in [1.29, 1.82) is 0 Å². The molecule has 0 radical (unpaired) electrons. The standard InChI is InChI=1S/C17H24N2O3S2/c1-5-13-6-7-16(22-4)17(10-13)24(20,21)18-11-15(19(2)3)14-8-9-23-12-14/h6-10,12,15,18H,5,11H2,1-4H3. The van der Waals surface area contributed by atoms with Gasteiger partial charge in [0.25, 0.3) is 0 Å². The van der Waals surface area contributed by atoms with E-state index < -0.39 is 10.0 Å². The lowest BCUT2D eigenvalue weighted by atomic mass is 10.1. The summed E-state index contributed by atoms with van der Waals surface area (Å²) in [5, 5.41) is 4.03. The fraction of sp³-hybridized carbons (Fsp3) is 0.412. The molecule has 1 atom stereocenters. The summed E-state index contributed by atoms with van der Waals surface area (Å²) in [5.74, 6) is 0.358. The van der Waals surface area contributed by atoms with E-state index in [2.05, 4.69) is 4.72 Å². The molecule has 1 N–H and O–H groups in total. The number of sulfonamides is 1. The molecule has 2 rings (SSSR count). The highest BCUT2D eigenvalue weighted by Gasteiger charge is 2.23. The average Bonchev–Trinajstić information content (AvgIpc) is 3.08. The van der Waals surface area contributed by atoms with Crippen LogP contribution in [-0.4, -0.2) is 41.1 Å². The first-order valence-corrected chi connectivity index (χ1v) is 10.2. The Bertz CT molecular complexity index is 756. The van der Waals surface area contributed by atoms with Gasteiger partial charge < -0.3 is 9.64 Å². The van der Waals surface area contributed by atoms with Gasteiger partial charge in [-0.25, -0.2) is 13.1 Å². The Balaban J connectivity index is 2.25. The van der Waals surface area contributed by atoms with E-state index in [0.29, 0.717) is 12.3 Å². The van der Waals surface area contributed by atoms with E-state index in [-0.39, 0.29) is 10.9 Å². The second kappa shape index (κ2) is 8.11. The van der Waals surface area contributed by atoms with Crippen LogP contribution in [0.4, 0.5) is 0 Å². The quantitative estimate of drug-likeness (QED) is 0.778. The molecule has 0 aliphatic carbocycles. The van der Waals surface area contributed by atoms with Crippen molar-refractivity contribution in [3.05, 3.63) is 46.2 Å². The van der Waals surface area contributed by atoms with Gasteiger partial charge in [-0.15, -0.1) is 0 Å². The second-order valence-electron chi connectivity index (χ2n) is 5.73. The van der Waals surface area contributed by atoms with Gasteiger partial charge in [-0.1, -0.05) is 13.0 Å². The Labute approximate surface area is 148 Å². The normalized spacial score (nSPS) is 13.2. The van der Waals surface area contributed by atoms with Crippen molar-refractivity contribution in [2.45, 2.75) is 24.3 Å². The van der Waals surface area contributed by atoms with Crippen LogP contribution in [0.15, 0.2) is 39.9 Å². The third kappa shape index (κ3) is 4.36. The number of ether oxygens (including phenoxy) is 1. The third-order valence-electron chi connectivity index (χ3n) is 3.94. The molecule has 132 valence electrons. The minimum Gasteiger partial charge on any atom is -0.495 e. The average molecular weight is 369 g/mol. The van der Waals surface area contributed by atoms with E-state index in [1.165, 1.54) is 7.11 Å². The lowest BCUT2D eigenvalue weighted by molar-refractivity contribution is 0.300. The number of hydrogen-bond acceptors (Lipinski definition) is 5. The van der Waals surface area contributed by atoms with Gasteiger partial charge in [0.2, 0.25) is 10.0 Å². The maximum Gasteiger partial charge on any atom is 0.244 e. The van der Waals surface area contributed by atoms with Gasteiger partial charge in [0, 0.05) is 12.6 Å². The predicted molar refractivity (Wildman–Crippen MR) is 98.3 cm³/mol. The number of likely N-dealkylation sites (N-methyl/N-ethyl adjacent to an activating group) is 1. The van der Waals surface area contributed by atoms with E-state index in [9.17, 15) is 8.42 Å². The molecule has 0 amide bonds. The van der Waals surface area contributed by atoms with Crippen LogP contribution in [0.5, 0.6) is 5.75 Å². The van der Waals surface area contributed by atoms with Crippen LogP contribution in [-0.2, 0) is 16.4 Å². The fourth-order valence-corrected chi connectivity index (χ4v) is 4.44. The highest BCUT2D eigenvalue weighted by molar-refractivity contribution is 7.89. The molecule has 0 aliphatic heterocycles. The first-order valence-electron chi connectivity index (χ1n) is 7.74. The first-order chi connectivity index (χ1) is 11.4. The Morgan fingerprint density at radius 1 is 1.29 bits per heavy atom. The molecule has 1 aromatic heterocycles. The summed E-state index contributed by atoms with van der Waals surface area (Å²) < 4.78 is 33.5. The Hall–Kier alpha value is -1.41. The van der Waals surface area contributed by atoms with Crippen molar-refractivity contribution in [2.24, 2.45) is 0 Å². The molecule has 1 unspecified atom stereocenters. The summed E-state index contributed by atoms with van der Waals surface area (Å²) >= 11 is 1.60. The summed E-state index contributed by atoms with van der Waals surface area (Å²) in [6, 6.07) is 7.26. The SMILES string of the molecule is CCc1ccc(OC)c(S(=O)(=O)NCC(c2ccsc2)N(C)C)c1. The minimum atomic E-state index is -3.65. The fourth-order valence-electron chi connectivity index (χ4n) is 2.48. The van der Waals surface area contributed by atoms with E-state index in [4.69, 9.17) is 4.74 Å². The third-order valence-corrected chi connectivity index (χ3v) is 6.09. The van der Waals surface area contributed by atoms with Crippen molar-refractivity contribution in [1.82, 2.24) is 9.62 Å². The molecular formula is C17H24N2O3S2. The molecule has 0 aliphatic rings. The van der Waals surface area contributed by atoms with Gasteiger partial charge in [0.05, 0.1) is 7.11 Å². The zero-order chi connectivity index (χ0) is 17.7. The molecular weight excluding hydrogens is 344 g/mol. The molecule has 0 bridgehead atoms. The van der Waals surface area contributed by atoms with Crippen LogP contribution < -0.4 is 9.46 Å². The number of rotatable bonds is 8. The van der Waals surface area contributed by atoms with Crippen molar-refractivity contribution >= 4 is 21.4 Å². The van der Waals surface area contributed by atoms with E-state index >= 15 is 0 Å². The monoisotopic (exact) mass is 368 g/mol. The lowest BCUT2D eigenvalue weighted by Crippen LogP contribution is -2.34. The summed E-state index contributed by atoms with van der Waals surface area (Å²) in [4.78, 5) is 2.19. The van der Waals surface area contributed by atoms with Crippen molar-refractivity contribution < 1.29 is 13.2 Å². The van der Waals surface area contributed by atoms with Crippen LogP contribution >= 0.6 is 11.3 Å². The Kier molecular flexibility index (Phi) is 6.40. The smallest absolute Gasteiger partial charge is 0.244 e. The Morgan fingerprint density at radius 2 is 2.04 bits per heavy atom. The van der Waals surface area contributed by atoms with E-state index in [0.717, 1.165) is 17.5 Å². The van der Waals surface area contributed by atoms with Gasteiger partial charge in [-0.3, -0.25) is 0 Å². The molecule has 0 saturated carbocycles. The van der Waals surface area contributed by atoms with Crippen LogP contribution in [0, 0.1) is 0 Å². The molecule has 1 heterocycles. The number of aryl methyl sites for hydroxylation is 1. The highest BCUT2D eigenvalue weighted by atomic mass is 32.2. The van der Waals surface area contributed by atoms with Crippen LogP contribution in [0.25, 0.3) is 0 Å². The predicted octanol–water partition coefficient (Wildman–Crippen LogP) is 2.90. The second-order valence-corrected chi connectivity index (χ2v) is 8.24. The maximum atomic E-state index is 12.8. The van der Waals surface area contributed by atoms with Crippen molar-refractivity contribution in [2.75, 3.05) is 27.7 Å². The number of methoxy groups -OCH3 is 1. The number of nitrogens with one attached hydrogen (secondary N) is 1. The van der Waals surface area contributed by atoms with Crippen LogP contribution in [0.3, 0.4) is 0 Å². The number of nitrogens with zero attached hydrogens (tertiary/aromatic N) is 1. The molecule has 0 spiro atoms. The maximum absolute atomic E-state index is 12.8. The Morgan fingerprint density at radius 3 is 2.58 bits per heavy atom. The molecule has 7 heteroatoms. The van der Waals surface area contributed by atoms with E-state index in [1.807, 2.05) is 48.8 Å². The molecule has 5 nitrogen and oxygen atoms in total. The topological polar surface area (TPSA) is 58.6 Å². The zero-order valence-corrected chi connectivity index (χ0v) is 16.1. The minimum absolute atomic E-state index is 0.0219. The molecule has 1 aromatic carbocycles. The van der Waals surface area contributed by atoms with Gasteiger partial charge in [-0.2, -0.15) is 11.3 Å². The number of hydrogen-bond donors (Lipinski definition) is 1. The van der Waals surface area contributed by atoms with E-state index in [1.54, 1.807) is 23.5 Å². The van der Waals surface area contributed by atoms with Gasteiger partial charge in [-0.05, 0) is 60.6 Å². The van der Waals surface area contributed by atoms with Gasteiger partial charge in [0.1, 0.15) is 10.6 Å². The summed E-state index contributed by atoms with van der Waals surface area (Å²) in [6.45, 7) is 2.29. The number of thiophene rings is 1. The number of benzene rings is 1. The van der Waals surface area contributed by atoms with Crippen molar-refractivity contribution in [3.63, 3.8) is 0 Å². The molecule has 2 aromatic rings. The van der Waals surface area contributed by atoms with Crippen molar-refractivity contribution in [3.8, 4) is 5.75 Å². The molecule has 0 saturated heterocycles. The van der Waals surface area contributed by atoms with Gasteiger partial charge in [0.15, 0.2) is 0 Å². The lowest BCUT2D eigenvalue weighted by Gasteiger charge is -2.24. The van der Waals surface area contributed by atoms with Crippen LogP contribution in [0.1, 0.15) is 24.1 Å². The first kappa shape index (κ1) is 18.9. The molecule has 24 heavy (non-hydrogen) atoms. The van der Waals surface area contributed by atoms with Crippen LogP contribution in [0.2, 0.25) is 0 Å². The largest absolute Gasteiger partial charge is 0.495 e. The summed E-state index contributed by atoms with van der Waals surface area (Å²) in [5.41, 5.74) is 2.06. The summed E-state index contributed by atoms with van der Waals surface area (Å²) in [6.07, 6.45) is 0.766.